The first-order chi connectivity index (χ1) is 15.6. The number of esters is 1. The Balaban J connectivity index is 2.07. The van der Waals surface area contributed by atoms with E-state index in [4.69, 9.17) is 4.74 Å². The number of carbonyl (C=O) groups excluding carboxylic acids is 1. The third kappa shape index (κ3) is 4.60. The standard InChI is InChI=1S/C30H24O2/c1-22(2)30(31)32-27-21-13-12-20-26(27)29(25-18-10-5-11-19-25)28(23-14-6-3-7-15-23)24-16-8-4-9-17-24/h3-21H,1H2,2H3. The number of hydrogen-bond acceptors (Lipinski definition) is 2. The van der Waals surface area contributed by atoms with Gasteiger partial charge in [0.1, 0.15) is 5.75 Å². The molecule has 0 fully saturated rings. The van der Waals surface area contributed by atoms with Crippen molar-refractivity contribution in [3.8, 4) is 5.75 Å². The zero-order chi connectivity index (χ0) is 22.3. The molecule has 0 amide bonds. The Kier molecular flexibility index (Phi) is 6.43. The van der Waals surface area contributed by atoms with Crippen molar-refractivity contribution in [3.05, 3.63) is 150 Å². The van der Waals surface area contributed by atoms with Gasteiger partial charge in [-0.1, -0.05) is 116 Å². The molecule has 0 aromatic heterocycles. The molecule has 0 saturated carbocycles. The molecule has 4 aromatic rings. The summed E-state index contributed by atoms with van der Waals surface area (Å²) in [5.41, 5.74) is 6.46. The molecule has 4 aromatic carbocycles. The van der Waals surface area contributed by atoms with Crippen molar-refractivity contribution < 1.29 is 9.53 Å². The maximum Gasteiger partial charge on any atom is 0.338 e. The minimum Gasteiger partial charge on any atom is -0.423 e. The summed E-state index contributed by atoms with van der Waals surface area (Å²) in [6.07, 6.45) is 0. The van der Waals surface area contributed by atoms with Crippen molar-refractivity contribution in [1.29, 1.82) is 0 Å². The van der Waals surface area contributed by atoms with Crippen LogP contribution in [-0.4, -0.2) is 5.97 Å². The maximum absolute atomic E-state index is 12.4. The Hall–Kier alpha value is -4.17. The average Bonchev–Trinajstić information content (AvgIpc) is 2.84. The normalized spacial score (nSPS) is 10.3. The highest BCUT2D eigenvalue weighted by molar-refractivity contribution is 6.06. The van der Waals surface area contributed by atoms with Gasteiger partial charge in [-0.2, -0.15) is 0 Å². The Morgan fingerprint density at radius 2 is 1.00 bits per heavy atom. The van der Waals surface area contributed by atoms with Gasteiger partial charge in [-0.25, -0.2) is 4.79 Å². The zero-order valence-electron chi connectivity index (χ0n) is 18.0. The molecule has 32 heavy (non-hydrogen) atoms. The molecule has 0 bridgehead atoms. The van der Waals surface area contributed by atoms with Crippen LogP contribution in [0, 0.1) is 0 Å². The van der Waals surface area contributed by atoms with Gasteiger partial charge in [0.2, 0.25) is 0 Å². The molecule has 0 atom stereocenters. The van der Waals surface area contributed by atoms with Gasteiger partial charge >= 0.3 is 5.97 Å². The van der Waals surface area contributed by atoms with Gasteiger partial charge in [-0.15, -0.1) is 0 Å². The lowest BCUT2D eigenvalue weighted by Gasteiger charge is -2.20. The van der Waals surface area contributed by atoms with Crippen LogP contribution in [-0.2, 0) is 4.79 Å². The van der Waals surface area contributed by atoms with Crippen molar-refractivity contribution >= 4 is 17.1 Å². The predicted molar refractivity (Wildman–Crippen MR) is 131 cm³/mol. The lowest BCUT2D eigenvalue weighted by atomic mass is 9.85. The zero-order valence-corrected chi connectivity index (χ0v) is 18.0. The van der Waals surface area contributed by atoms with E-state index >= 15 is 0 Å². The van der Waals surface area contributed by atoms with E-state index in [-0.39, 0.29) is 0 Å². The summed E-state index contributed by atoms with van der Waals surface area (Å²) in [5.74, 6) is 0.0644. The molecule has 2 heteroatoms. The van der Waals surface area contributed by atoms with Crippen molar-refractivity contribution in [1.82, 2.24) is 0 Å². The Bertz CT molecular complexity index is 1210. The van der Waals surface area contributed by atoms with E-state index in [1.165, 1.54) is 0 Å². The first-order valence-electron chi connectivity index (χ1n) is 10.5. The fourth-order valence-corrected chi connectivity index (χ4v) is 3.65. The lowest BCUT2D eigenvalue weighted by molar-refractivity contribution is -0.130. The van der Waals surface area contributed by atoms with E-state index in [1.54, 1.807) is 6.92 Å². The van der Waals surface area contributed by atoms with Crippen LogP contribution in [0.15, 0.2) is 127 Å². The Morgan fingerprint density at radius 3 is 1.47 bits per heavy atom. The summed E-state index contributed by atoms with van der Waals surface area (Å²) >= 11 is 0. The van der Waals surface area contributed by atoms with Crippen LogP contribution in [0.4, 0.5) is 0 Å². The molecular formula is C30H24O2. The quantitative estimate of drug-likeness (QED) is 0.144. The van der Waals surface area contributed by atoms with Gasteiger partial charge in [0.05, 0.1) is 0 Å². The molecule has 0 radical (unpaired) electrons. The Labute approximate surface area is 189 Å². The minimum atomic E-state index is -0.439. The van der Waals surface area contributed by atoms with Crippen LogP contribution < -0.4 is 4.74 Å². The van der Waals surface area contributed by atoms with E-state index in [0.29, 0.717) is 11.3 Å². The smallest absolute Gasteiger partial charge is 0.338 e. The van der Waals surface area contributed by atoms with Gasteiger partial charge in [-0.3, -0.25) is 0 Å². The summed E-state index contributed by atoms with van der Waals surface area (Å²) in [5, 5.41) is 0. The van der Waals surface area contributed by atoms with Gasteiger partial charge < -0.3 is 4.74 Å². The van der Waals surface area contributed by atoms with Crippen LogP contribution in [0.2, 0.25) is 0 Å². The number of hydrogen-bond donors (Lipinski definition) is 0. The second-order valence-corrected chi connectivity index (χ2v) is 7.51. The molecule has 4 rings (SSSR count). The largest absolute Gasteiger partial charge is 0.423 e. The highest BCUT2D eigenvalue weighted by Gasteiger charge is 2.20. The van der Waals surface area contributed by atoms with E-state index in [2.05, 4.69) is 43.0 Å². The van der Waals surface area contributed by atoms with Crippen molar-refractivity contribution in [2.24, 2.45) is 0 Å². The van der Waals surface area contributed by atoms with Crippen LogP contribution in [0.3, 0.4) is 0 Å². The Morgan fingerprint density at radius 1 is 0.594 bits per heavy atom. The van der Waals surface area contributed by atoms with E-state index in [0.717, 1.165) is 33.4 Å². The van der Waals surface area contributed by atoms with Crippen LogP contribution in [0.5, 0.6) is 5.75 Å². The highest BCUT2D eigenvalue weighted by Crippen LogP contribution is 2.40. The lowest BCUT2D eigenvalue weighted by Crippen LogP contribution is -2.10. The fourth-order valence-electron chi connectivity index (χ4n) is 3.65. The fraction of sp³-hybridized carbons (Fsp3) is 0.0333. The summed E-state index contributed by atoms with van der Waals surface area (Å²) < 4.78 is 5.76. The number of carbonyl (C=O) groups is 1. The van der Waals surface area contributed by atoms with E-state index in [9.17, 15) is 4.79 Å². The number of rotatable bonds is 6. The third-order valence-electron chi connectivity index (χ3n) is 5.14. The van der Waals surface area contributed by atoms with Crippen LogP contribution >= 0.6 is 0 Å². The summed E-state index contributed by atoms with van der Waals surface area (Å²) in [4.78, 5) is 12.4. The molecule has 0 aliphatic rings. The third-order valence-corrected chi connectivity index (χ3v) is 5.14. The molecule has 0 N–H and O–H groups in total. The maximum atomic E-state index is 12.4. The summed E-state index contributed by atoms with van der Waals surface area (Å²) in [7, 11) is 0. The first kappa shape index (κ1) is 21.1. The number of para-hydroxylation sites is 1. The van der Waals surface area contributed by atoms with Crippen molar-refractivity contribution in [2.45, 2.75) is 6.92 Å². The highest BCUT2D eigenvalue weighted by atomic mass is 16.5. The average molecular weight is 417 g/mol. The SMILES string of the molecule is C=C(C)C(=O)Oc1ccccc1C(=C(c1ccccc1)c1ccccc1)c1ccccc1. The van der Waals surface area contributed by atoms with Gasteiger partial charge in [0, 0.05) is 16.7 Å². The van der Waals surface area contributed by atoms with E-state index < -0.39 is 5.97 Å². The van der Waals surface area contributed by atoms with E-state index in [1.807, 2.05) is 78.9 Å². The summed E-state index contributed by atoms with van der Waals surface area (Å²) in [6.45, 7) is 5.38. The number of ether oxygens (including phenoxy) is 1. The number of benzene rings is 4. The minimum absolute atomic E-state index is 0.358. The predicted octanol–water partition coefficient (Wildman–Crippen LogP) is 7.18. The molecule has 0 spiro atoms. The van der Waals surface area contributed by atoms with Gasteiger partial charge in [0.15, 0.2) is 0 Å². The molecule has 0 saturated heterocycles. The topological polar surface area (TPSA) is 26.3 Å². The molecule has 156 valence electrons. The first-order valence-corrected chi connectivity index (χ1v) is 10.5. The molecule has 0 aliphatic heterocycles. The van der Waals surface area contributed by atoms with Gasteiger partial charge in [0.25, 0.3) is 0 Å². The molecule has 2 nitrogen and oxygen atoms in total. The molecular weight excluding hydrogens is 392 g/mol. The summed E-state index contributed by atoms with van der Waals surface area (Å²) in [6, 6.07) is 38.4. The van der Waals surface area contributed by atoms with Crippen molar-refractivity contribution in [3.63, 3.8) is 0 Å². The molecule has 0 aliphatic carbocycles. The molecule has 0 heterocycles. The second-order valence-electron chi connectivity index (χ2n) is 7.51. The van der Waals surface area contributed by atoms with Crippen LogP contribution in [0.25, 0.3) is 11.1 Å². The van der Waals surface area contributed by atoms with Gasteiger partial charge in [-0.05, 0) is 35.3 Å². The van der Waals surface area contributed by atoms with Crippen molar-refractivity contribution in [2.75, 3.05) is 0 Å². The second kappa shape index (κ2) is 9.76. The van der Waals surface area contributed by atoms with Crippen LogP contribution in [0.1, 0.15) is 29.2 Å². The molecule has 0 unspecified atom stereocenters. The monoisotopic (exact) mass is 416 g/mol.